The zero-order valence-electron chi connectivity index (χ0n) is 27.7. The van der Waals surface area contributed by atoms with Crippen molar-refractivity contribution in [3.8, 4) is 22.3 Å². The van der Waals surface area contributed by atoms with Crippen molar-refractivity contribution in [3.05, 3.63) is 129 Å². The van der Waals surface area contributed by atoms with Crippen LogP contribution in [0.15, 0.2) is 96.1 Å². The summed E-state index contributed by atoms with van der Waals surface area (Å²) >= 11 is 0. The molecule has 0 saturated carbocycles. The van der Waals surface area contributed by atoms with Crippen LogP contribution in [0.2, 0.25) is 0 Å². The van der Waals surface area contributed by atoms with Gasteiger partial charge in [0, 0.05) is 5.92 Å². The summed E-state index contributed by atoms with van der Waals surface area (Å²) in [6.45, 7) is 20.9. The van der Waals surface area contributed by atoms with Gasteiger partial charge in [0.15, 0.2) is 0 Å². The molecule has 0 spiro atoms. The first-order valence-corrected chi connectivity index (χ1v) is 16.3. The van der Waals surface area contributed by atoms with E-state index in [9.17, 15) is 0 Å². The van der Waals surface area contributed by atoms with E-state index >= 15 is 0 Å². The number of benzene rings is 4. The Hall–Kier alpha value is -3.64. The van der Waals surface area contributed by atoms with Crippen LogP contribution in [0.3, 0.4) is 0 Å². The Morgan fingerprint density at radius 1 is 0.674 bits per heavy atom. The summed E-state index contributed by atoms with van der Waals surface area (Å²) in [6, 6.07) is 32.6. The highest BCUT2D eigenvalue weighted by Gasteiger charge is 2.37. The van der Waals surface area contributed by atoms with E-state index < -0.39 is 0 Å². The molecular weight excluding hydrogens is 516 g/mol. The Balaban J connectivity index is 1.51. The summed E-state index contributed by atoms with van der Waals surface area (Å²) in [6.07, 6.45) is 4.62. The van der Waals surface area contributed by atoms with Crippen LogP contribution in [0.4, 0.5) is 0 Å². The van der Waals surface area contributed by atoms with Crippen molar-refractivity contribution >= 4 is 11.6 Å². The molecule has 0 saturated heterocycles. The first-order chi connectivity index (χ1) is 20.4. The van der Waals surface area contributed by atoms with Crippen LogP contribution in [0.5, 0.6) is 0 Å². The van der Waals surface area contributed by atoms with Gasteiger partial charge in [-0.2, -0.15) is 0 Å². The number of rotatable bonds is 5. The lowest BCUT2D eigenvalue weighted by Gasteiger charge is -2.25. The fourth-order valence-corrected chi connectivity index (χ4v) is 7.27. The van der Waals surface area contributed by atoms with Crippen LogP contribution in [0.1, 0.15) is 108 Å². The van der Waals surface area contributed by atoms with Crippen molar-refractivity contribution in [2.75, 3.05) is 0 Å². The predicted molar refractivity (Wildman–Crippen MR) is 188 cm³/mol. The largest absolute Gasteiger partial charge is 0.0616 e. The van der Waals surface area contributed by atoms with Gasteiger partial charge < -0.3 is 0 Å². The van der Waals surface area contributed by atoms with Crippen molar-refractivity contribution in [3.63, 3.8) is 0 Å². The Morgan fingerprint density at radius 3 is 1.74 bits per heavy atom. The molecule has 220 valence electrons. The molecule has 0 amide bonds. The maximum atomic E-state index is 2.52. The molecule has 0 heterocycles. The topological polar surface area (TPSA) is 0 Å². The molecule has 1 unspecified atom stereocenters. The highest BCUT2D eigenvalue weighted by molar-refractivity contribution is 5.96. The molecule has 0 fully saturated rings. The fourth-order valence-electron chi connectivity index (χ4n) is 7.27. The molecule has 0 heteroatoms. The molecule has 6 rings (SSSR count). The first kappa shape index (κ1) is 29.4. The van der Waals surface area contributed by atoms with Crippen LogP contribution in [-0.2, 0) is 17.3 Å². The molecular formula is C43H48. The maximum absolute atomic E-state index is 2.52. The van der Waals surface area contributed by atoms with Crippen LogP contribution in [-0.4, -0.2) is 0 Å². The minimum Gasteiger partial charge on any atom is -0.0616 e. The smallest absolute Gasteiger partial charge is 0.0314 e. The molecule has 0 nitrogen and oxygen atoms in total. The van der Waals surface area contributed by atoms with Crippen LogP contribution < -0.4 is 0 Å². The van der Waals surface area contributed by atoms with Gasteiger partial charge in [-0.05, 0) is 90.8 Å². The summed E-state index contributed by atoms with van der Waals surface area (Å²) < 4.78 is 0. The van der Waals surface area contributed by atoms with Crippen LogP contribution in [0.25, 0.3) is 33.9 Å². The van der Waals surface area contributed by atoms with Gasteiger partial charge in [-0.25, -0.2) is 0 Å². The third kappa shape index (κ3) is 5.24. The third-order valence-electron chi connectivity index (χ3n) is 9.82. The summed E-state index contributed by atoms with van der Waals surface area (Å²) in [5, 5.41) is 0. The Morgan fingerprint density at radius 2 is 1.21 bits per heavy atom. The number of allylic oxidation sites excluding steroid dienone is 3. The zero-order valence-corrected chi connectivity index (χ0v) is 27.7. The van der Waals surface area contributed by atoms with Gasteiger partial charge in [-0.1, -0.05) is 164 Å². The minimum atomic E-state index is 0.145. The summed E-state index contributed by atoms with van der Waals surface area (Å²) in [5.41, 5.74) is 18.9. The minimum absolute atomic E-state index is 0.145. The zero-order chi connectivity index (χ0) is 30.7. The van der Waals surface area contributed by atoms with Gasteiger partial charge >= 0.3 is 0 Å². The summed E-state index contributed by atoms with van der Waals surface area (Å²) in [5.74, 6) is 0.788. The van der Waals surface area contributed by atoms with Gasteiger partial charge in [-0.15, -0.1) is 0 Å². The average molecular weight is 565 g/mol. The number of hydrogen-bond acceptors (Lipinski definition) is 0. The van der Waals surface area contributed by atoms with E-state index in [4.69, 9.17) is 0 Å². The Labute approximate surface area is 260 Å². The van der Waals surface area contributed by atoms with E-state index in [0.29, 0.717) is 11.8 Å². The lowest BCUT2D eigenvalue weighted by atomic mass is 9.78. The van der Waals surface area contributed by atoms with Gasteiger partial charge in [-0.3, -0.25) is 0 Å². The molecule has 2 aliphatic rings. The lowest BCUT2D eigenvalue weighted by molar-refractivity contribution is 0.590. The highest BCUT2D eigenvalue weighted by atomic mass is 14.4. The molecule has 4 aromatic rings. The lowest BCUT2D eigenvalue weighted by Crippen LogP contribution is -2.10. The van der Waals surface area contributed by atoms with Crippen molar-refractivity contribution in [2.45, 2.75) is 91.9 Å². The fraction of sp³-hybridized carbons (Fsp3) is 0.349. The van der Waals surface area contributed by atoms with Gasteiger partial charge in [0.25, 0.3) is 0 Å². The average Bonchev–Trinajstić information content (AvgIpc) is 3.54. The van der Waals surface area contributed by atoms with E-state index in [2.05, 4.69) is 153 Å². The van der Waals surface area contributed by atoms with Crippen molar-refractivity contribution in [2.24, 2.45) is 5.92 Å². The third-order valence-corrected chi connectivity index (χ3v) is 9.82. The van der Waals surface area contributed by atoms with Crippen LogP contribution in [0, 0.1) is 5.92 Å². The normalized spacial score (nSPS) is 16.5. The second kappa shape index (κ2) is 10.8. The molecule has 4 aromatic carbocycles. The quantitative estimate of drug-likeness (QED) is 0.226. The van der Waals surface area contributed by atoms with E-state index in [1.54, 1.807) is 11.1 Å². The van der Waals surface area contributed by atoms with E-state index in [1.807, 2.05) is 0 Å². The molecule has 43 heavy (non-hydrogen) atoms. The molecule has 0 bridgehead atoms. The second-order valence-electron chi connectivity index (χ2n) is 15.1. The SMILES string of the molecule is CCC1=Cc2c(-c3ccc(C(C)(C)C)cc3)cccc2C1C1=C(C(C)C)Cc2cccc(-c3ccc(C(C)(C)C)cc3)c21. The second-order valence-corrected chi connectivity index (χ2v) is 15.1. The first-order valence-electron chi connectivity index (χ1n) is 16.3. The van der Waals surface area contributed by atoms with Crippen molar-refractivity contribution < 1.29 is 0 Å². The van der Waals surface area contributed by atoms with E-state index in [0.717, 1.165) is 12.8 Å². The highest BCUT2D eigenvalue weighted by Crippen LogP contribution is 2.55. The molecule has 0 aromatic heterocycles. The van der Waals surface area contributed by atoms with Gasteiger partial charge in [0.1, 0.15) is 0 Å². The van der Waals surface area contributed by atoms with Gasteiger partial charge in [0.05, 0.1) is 0 Å². The van der Waals surface area contributed by atoms with E-state index in [-0.39, 0.29) is 10.8 Å². The maximum Gasteiger partial charge on any atom is 0.0314 e. The van der Waals surface area contributed by atoms with Crippen LogP contribution >= 0.6 is 0 Å². The molecule has 1 atom stereocenters. The molecule has 0 N–H and O–H groups in total. The van der Waals surface area contributed by atoms with Gasteiger partial charge in [0.2, 0.25) is 0 Å². The van der Waals surface area contributed by atoms with Crippen molar-refractivity contribution in [1.82, 2.24) is 0 Å². The molecule has 2 aliphatic carbocycles. The monoisotopic (exact) mass is 564 g/mol. The van der Waals surface area contributed by atoms with Crippen molar-refractivity contribution in [1.29, 1.82) is 0 Å². The molecule has 0 aliphatic heterocycles. The number of hydrogen-bond donors (Lipinski definition) is 0. The number of fused-ring (bicyclic) bond motifs is 2. The Bertz CT molecular complexity index is 1720. The Kier molecular flexibility index (Phi) is 7.40. The summed E-state index contributed by atoms with van der Waals surface area (Å²) in [4.78, 5) is 0. The predicted octanol–water partition coefficient (Wildman–Crippen LogP) is 12.2. The standard InChI is InChI=1S/C43H48/c1-10-28-25-38-34(29-17-21-32(22-18-29)42(4,5)6)14-12-16-36(38)39(28)41-37(27(2)3)26-31-13-11-15-35(40(31)41)30-19-23-33(24-20-30)43(7,8)9/h11-25,27,39H,10,26H2,1-9H3. The summed E-state index contributed by atoms with van der Waals surface area (Å²) in [7, 11) is 0. The van der Waals surface area contributed by atoms with E-state index in [1.165, 1.54) is 61.2 Å². The molecule has 0 radical (unpaired) electrons.